The molecule has 0 amide bonds. The average Bonchev–Trinajstić information content (AvgIpc) is 3.07. The molecule has 1 aliphatic rings. The van der Waals surface area contributed by atoms with E-state index in [1.807, 2.05) is 32.1 Å². The van der Waals surface area contributed by atoms with Gasteiger partial charge in [-0.25, -0.2) is 4.98 Å². The van der Waals surface area contributed by atoms with E-state index in [9.17, 15) is 0 Å². The van der Waals surface area contributed by atoms with Gasteiger partial charge in [0.25, 0.3) is 0 Å². The molecule has 0 fully saturated rings. The number of nitrogen functional groups attached to an aromatic ring is 1. The summed E-state index contributed by atoms with van der Waals surface area (Å²) < 4.78 is 11.9. The van der Waals surface area contributed by atoms with Crippen molar-refractivity contribution in [1.82, 2.24) is 4.98 Å². The second-order valence-electron chi connectivity index (χ2n) is 7.38. The smallest absolute Gasteiger partial charge is 0.181 e. The molecule has 0 saturated carbocycles. The Morgan fingerprint density at radius 3 is 2.79 bits per heavy atom. The third-order valence-electron chi connectivity index (χ3n) is 4.89. The Morgan fingerprint density at radius 2 is 2.04 bits per heavy atom. The molecule has 5 heteroatoms. The number of ether oxygens (including phenoxy) is 2. The van der Waals surface area contributed by atoms with Crippen LogP contribution in [0.3, 0.4) is 0 Å². The molecule has 1 aromatic heterocycles. The molecular formula is C23H24N2O2S. The van der Waals surface area contributed by atoms with Crippen LogP contribution in [-0.4, -0.2) is 17.7 Å². The minimum absolute atomic E-state index is 0.405. The Balaban J connectivity index is 1.93. The van der Waals surface area contributed by atoms with Gasteiger partial charge in [0.15, 0.2) is 5.13 Å². The third-order valence-corrected chi connectivity index (χ3v) is 5.82. The van der Waals surface area contributed by atoms with E-state index in [2.05, 4.69) is 42.2 Å². The van der Waals surface area contributed by atoms with Crippen molar-refractivity contribution in [2.45, 2.75) is 32.8 Å². The summed E-state index contributed by atoms with van der Waals surface area (Å²) in [5, 5.41) is 0.544. The number of nitrogens with two attached hydrogens (primary N) is 1. The van der Waals surface area contributed by atoms with Crippen LogP contribution in [0.2, 0.25) is 0 Å². The highest BCUT2D eigenvalue weighted by molar-refractivity contribution is 7.19. The zero-order valence-corrected chi connectivity index (χ0v) is 17.4. The van der Waals surface area contributed by atoms with Gasteiger partial charge in [0, 0.05) is 5.56 Å². The Bertz CT molecular complexity index is 1070. The van der Waals surface area contributed by atoms with E-state index in [-0.39, 0.29) is 0 Å². The molecule has 2 N–H and O–H groups in total. The van der Waals surface area contributed by atoms with Crippen molar-refractivity contribution in [2.24, 2.45) is 0 Å². The van der Waals surface area contributed by atoms with Crippen LogP contribution in [-0.2, 0) is 6.42 Å². The number of fused-ring (bicyclic) bond motifs is 1. The van der Waals surface area contributed by atoms with Crippen LogP contribution >= 0.6 is 11.3 Å². The lowest BCUT2D eigenvalue weighted by molar-refractivity contribution is 0.159. The predicted molar refractivity (Wildman–Crippen MR) is 117 cm³/mol. The van der Waals surface area contributed by atoms with Crippen LogP contribution in [0.5, 0.6) is 11.5 Å². The van der Waals surface area contributed by atoms with E-state index in [0.29, 0.717) is 5.13 Å². The van der Waals surface area contributed by atoms with Gasteiger partial charge in [-0.2, -0.15) is 0 Å². The second-order valence-corrected chi connectivity index (χ2v) is 8.41. The summed E-state index contributed by atoms with van der Waals surface area (Å²) in [5.41, 5.74) is 10.8. The van der Waals surface area contributed by atoms with Crippen molar-refractivity contribution in [3.05, 3.63) is 53.6 Å². The largest absolute Gasteiger partial charge is 0.496 e. The van der Waals surface area contributed by atoms with Crippen LogP contribution in [0, 0.1) is 0 Å². The highest BCUT2D eigenvalue weighted by Crippen LogP contribution is 2.47. The first-order valence-corrected chi connectivity index (χ1v) is 10.2. The van der Waals surface area contributed by atoms with Crippen LogP contribution in [0.25, 0.3) is 27.8 Å². The van der Waals surface area contributed by atoms with Gasteiger partial charge < -0.3 is 15.2 Å². The number of anilines is 1. The maximum absolute atomic E-state index is 6.35. The van der Waals surface area contributed by atoms with Crippen LogP contribution in [0.4, 0.5) is 5.13 Å². The van der Waals surface area contributed by atoms with Crippen molar-refractivity contribution in [3.63, 3.8) is 0 Å². The number of hydrogen-bond acceptors (Lipinski definition) is 5. The van der Waals surface area contributed by atoms with Crippen LogP contribution < -0.4 is 15.2 Å². The maximum Gasteiger partial charge on any atom is 0.181 e. The molecule has 0 atom stereocenters. The van der Waals surface area contributed by atoms with Crippen LogP contribution in [0.1, 0.15) is 31.9 Å². The molecule has 0 saturated heterocycles. The standard InChI is InChI=1S/C23H24N2O2S/c1-5-14-7-6-8-15(13-14)21-19(25-22(24)28-21)17-9-10-18(26-4)16-11-12-23(2,3)27-20(16)17/h6-13H,5H2,1-4H3,(H2,24,25). The Hall–Kier alpha value is -2.79. The molecule has 3 aromatic rings. The number of methoxy groups -OCH3 is 1. The van der Waals surface area contributed by atoms with Gasteiger partial charge in [-0.05, 0) is 55.7 Å². The lowest BCUT2D eigenvalue weighted by Gasteiger charge is -2.30. The third kappa shape index (κ3) is 3.27. The molecule has 4 nitrogen and oxygen atoms in total. The quantitative estimate of drug-likeness (QED) is 0.608. The van der Waals surface area contributed by atoms with Crippen molar-refractivity contribution >= 4 is 22.5 Å². The van der Waals surface area contributed by atoms with Gasteiger partial charge in [0.1, 0.15) is 17.1 Å². The molecule has 4 rings (SSSR count). The van der Waals surface area contributed by atoms with Gasteiger partial charge in [-0.1, -0.05) is 42.5 Å². The van der Waals surface area contributed by atoms with Crippen molar-refractivity contribution in [3.8, 4) is 33.2 Å². The highest BCUT2D eigenvalue weighted by atomic mass is 32.1. The summed E-state index contributed by atoms with van der Waals surface area (Å²) in [6.07, 6.45) is 5.09. The molecule has 0 aliphatic carbocycles. The minimum Gasteiger partial charge on any atom is -0.496 e. The number of benzene rings is 2. The first-order chi connectivity index (χ1) is 13.4. The van der Waals surface area contributed by atoms with Crippen molar-refractivity contribution < 1.29 is 9.47 Å². The molecule has 28 heavy (non-hydrogen) atoms. The van der Waals surface area contributed by atoms with Crippen molar-refractivity contribution in [1.29, 1.82) is 0 Å². The summed E-state index contributed by atoms with van der Waals surface area (Å²) in [7, 11) is 1.67. The molecule has 0 unspecified atom stereocenters. The van der Waals surface area contributed by atoms with E-state index in [1.165, 1.54) is 16.9 Å². The predicted octanol–water partition coefficient (Wildman–Crippen LogP) is 5.81. The number of nitrogens with zero attached hydrogens (tertiary/aromatic N) is 1. The molecule has 2 heterocycles. The normalized spacial score (nSPS) is 14.4. The summed E-state index contributed by atoms with van der Waals surface area (Å²) >= 11 is 1.50. The van der Waals surface area contributed by atoms with Crippen molar-refractivity contribution in [2.75, 3.05) is 12.8 Å². The number of aromatic nitrogens is 1. The summed E-state index contributed by atoms with van der Waals surface area (Å²) in [4.78, 5) is 5.73. The molecular weight excluding hydrogens is 368 g/mol. The molecule has 144 valence electrons. The monoisotopic (exact) mass is 392 g/mol. The molecule has 0 spiro atoms. The minimum atomic E-state index is -0.405. The summed E-state index contributed by atoms with van der Waals surface area (Å²) in [6.45, 7) is 6.23. The van der Waals surface area contributed by atoms with E-state index in [1.54, 1.807) is 7.11 Å². The van der Waals surface area contributed by atoms with Crippen LogP contribution in [0.15, 0.2) is 42.5 Å². The summed E-state index contributed by atoms with van der Waals surface area (Å²) in [5.74, 6) is 1.56. The van der Waals surface area contributed by atoms with E-state index in [0.717, 1.165) is 45.2 Å². The second kappa shape index (κ2) is 6.99. The molecule has 2 aromatic carbocycles. The van der Waals surface area contributed by atoms with Gasteiger partial charge >= 0.3 is 0 Å². The first-order valence-electron chi connectivity index (χ1n) is 9.37. The molecule has 0 radical (unpaired) electrons. The Kier molecular flexibility index (Phi) is 4.63. The lowest BCUT2D eigenvalue weighted by Crippen LogP contribution is -2.28. The maximum atomic E-state index is 6.35. The van der Waals surface area contributed by atoms with Gasteiger partial charge in [-0.15, -0.1) is 0 Å². The number of hydrogen-bond donors (Lipinski definition) is 1. The van der Waals surface area contributed by atoms with E-state index < -0.39 is 5.60 Å². The number of thiazole rings is 1. The average molecular weight is 393 g/mol. The Morgan fingerprint density at radius 1 is 1.21 bits per heavy atom. The summed E-state index contributed by atoms with van der Waals surface area (Å²) in [6, 6.07) is 12.5. The Labute approximate surface area is 169 Å². The van der Waals surface area contributed by atoms with Gasteiger partial charge in [-0.3, -0.25) is 0 Å². The van der Waals surface area contributed by atoms with E-state index >= 15 is 0 Å². The fourth-order valence-electron chi connectivity index (χ4n) is 3.44. The topological polar surface area (TPSA) is 57.4 Å². The highest BCUT2D eigenvalue weighted by Gasteiger charge is 2.28. The fraction of sp³-hybridized carbons (Fsp3) is 0.261. The zero-order valence-electron chi connectivity index (χ0n) is 16.6. The fourth-order valence-corrected chi connectivity index (χ4v) is 4.29. The lowest BCUT2D eigenvalue weighted by atomic mass is 9.96. The SMILES string of the molecule is CCc1cccc(-c2sc(N)nc2-c2ccc(OC)c3c2OC(C)(C)C=C3)c1. The molecule has 1 aliphatic heterocycles. The molecule has 0 bridgehead atoms. The van der Waals surface area contributed by atoms with Gasteiger partial charge in [0.05, 0.1) is 23.2 Å². The number of rotatable bonds is 4. The first kappa shape index (κ1) is 18.6. The van der Waals surface area contributed by atoms with E-state index in [4.69, 9.17) is 15.2 Å². The zero-order chi connectivity index (χ0) is 19.9. The van der Waals surface area contributed by atoms with Gasteiger partial charge in [0.2, 0.25) is 0 Å². The number of aryl methyl sites for hydroxylation is 1.